The Hall–Kier alpha value is -3.11. The Morgan fingerprint density at radius 2 is 1.63 bits per heavy atom. The number of hydrogen-bond acceptors (Lipinski definition) is 2. The second-order valence-corrected chi connectivity index (χ2v) is 10.0. The van der Waals surface area contributed by atoms with Gasteiger partial charge in [-0.2, -0.15) is 0 Å². The lowest BCUT2D eigenvalue weighted by Crippen LogP contribution is -2.51. The first-order chi connectivity index (χ1) is 16.7. The summed E-state index contributed by atoms with van der Waals surface area (Å²) in [5, 5.41) is 3.67. The number of nitrogens with one attached hydrogen (secondary N) is 1. The molecule has 3 rings (SSSR count). The number of rotatable bonds is 10. The first kappa shape index (κ1) is 26.5. The van der Waals surface area contributed by atoms with Crippen molar-refractivity contribution in [2.24, 2.45) is 5.92 Å². The van der Waals surface area contributed by atoms with Gasteiger partial charge in [0, 0.05) is 24.5 Å². The van der Waals surface area contributed by atoms with Crippen molar-refractivity contribution < 1.29 is 9.59 Å². The molecule has 5 heteroatoms. The summed E-state index contributed by atoms with van der Waals surface area (Å²) in [6, 6.07) is 22.8. The number of hydrogen-bond donors (Lipinski definition) is 1. The molecule has 3 aromatic rings. The maximum Gasteiger partial charge on any atom is 0.243 e. The van der Waals surface area contributed by atoms with Crippen molar-refractivity contribution in [1.29, 1.82) is 0 Å². The Bertz CT molecular complexity index is 1140. The van der Waals surface area contributed by atoms with Gasteiger partial charge in [-0.3, -0.25) is 9.59 Å². The fraction of sp³-hybridized carbons (Fsp3) is 0.333. The highest BCUT2D eigenvalue weighted by Gasteiger charge is 2.30. The van der Waals surface area contributed by atoms with E-state index in [9.17, 15) is 9.59 Å². The van der Waals surface area contributed by atoms with Crippen LogP contribution in [-0.4, -0.2) is 29.3 Å². The summed E-state index contributed by atoms with van der Waals surface area (Å²) >= 11 is 6.25. The molecule has 0 bridgehead atoms. The predicted octanol–water partition coefficient (Wildman–Crippen LogP) is 5.91. The Labute approximate surface area is 214 Å². The molecule has 4 nitrogen and oxygen atoms in total. The minimum atomic E-state index is -0.646. The first-order valence-electron chi connectivity index (χ1n) is 12.1. The summed E-state index contributed by atoms with van der Waals surface area (Å²) in [5.74, 6) is 0.0848. The number of halogens is 1. The predicted molar refractivity (Wildman–Crippen MR) is 143 cm³/mol. The van der Waals surface area contributed by atoms with Gasteiger partial charge in [-0.25, -0.2) is 0 Å². The van der Waals surface area contributed by atoms with Gasteiger partial charge in [-0.15, -0.1) is 0 Å². The van der Waals surface area contributed by atoms with Gasteiger partial charge in [0.05, 0.1) is 6.42 Å². The van der Waals surface area contributed by atoms with Gasteiger partial charge in [0.25, 0.3) is 0 Å². The van der Waals surface area contributed by atoms with Gasteiger partial charge in [-0.05, 0) is 54.2 Å². The molecule has 0 radical (unpaired) electrons. The number of amides is 2. The molecule has 0 fully saturated rings. The van der Waals surface area contributed by atoms with Crippen LogP contribution in [0.25, 0.3) is 0 Å². The molecule has 0 saturated heterocycles. The molecule has 0 aliphatic carbocycles. The zero-order valence-corrected chi connectivity index (χ0v) is 21.8. The lowest BCUT2D eigenvalue weighted by molar-refractivity contribution is -0.140. The van der Waals surface area contributed by atoms with Crippen LogP contribution in [0.4, 0.5) is 0 Å². The van der Waals surface area contributed by atoms with E-state index in [0.717, 1.165) is 27.8 Å². The van der Waals surface area contributed by atoms with Crippen LogP contribution in [0.1, 0.15) is 41.7 Å². The average molecular weight is 491 g/mol. The van der Waals surface area contributed by atoms with Crippen LogP contribution >= 0.6 is 11.6 Å². The molecule has 2 amide bonds. The van der Waals surface area contributed by atoms with Gasteiger partial charge in [0.2, 0.25) is 11.8 Å². The highest BCUT2D eigenvalue weighted by atomic mass is 35.5. The van der Waals surface area contributed by atoms with E-state index in [1.807, 2.05) is 80.6 Å². The van der Waals surface area contributed by atoms with Gasteiger partial charge >= 0.3 is 0 Å². The molecule has 184 valence electrons. The van der Waals surface area contributed by atoms with Crippen LogP contribution in [0.2, 0.25) is 5.02 Å². The van der Waals surface area contributed by atoms with Crippen molar-refractivity contribution in [3.8, 4) is 0 Å². The molecule has 1 atom stereocenters. The Balaban J connectivity index is 1.98. The van der Waals surface area contributed by atoms with E-state index in [1.54, 1.807) is 4.90 Å². The number of benzene rings is 3. The third-order valence-electron chi connectivity index (χ3n) is 6.04. The van der Waals surface area contributed by atoms with E-state index in [-0.39, 0.29) is 18.2 Å². The normalized spacial score (nSPS) is 11.8. The van der Waals surface area contributed by atoms with Crippen molar-refractivity contribution in [2.75, 3.05) is 6.54 Å². The van der Waals surface area contributed by atoms with E-state index in [2.05, 4.69) is 25.2 Å². The van der Waals surface area contributed by atoms with Gasteiger partial charge in [0.15, 0.2) is 0 Å². The Morgan fingerprint density at radius 1 is 0.914 bits per heavy atom. The molecule has 1 N–H and O–H groups in total. The van der Waals surface area contributed by atoms with Crippen molar-refractivity contribution in [2.45, 2.75) is 53.1 Å². The summed E-state index contributed by atoms with van der Waals surface area (Å²) in [6.07, 6.45) is 0.667. The molecular weight excluding hydrogens is 456 g/mol. The van der Waals surface area contributed by atoms with Crippen molar-refractivity contribution in [3.63, 3.8) is 0 Å². The average Bonchev–Trinajstić information content (AvgIpc) is 2.82. The lowest BCUT2D eigenvalue weighted by Gasteiger charge is -2.32. The van der Waals surface area contributed by atoms with Crippen LogP contribution in [0.15, 0.2) is 72.8 Å². The molecule has 0 unspecified atom stereocenters. The molecule has 3 aromatic carbocycles. The monoisotopic (exact) mass is 490 g/mol. The highest BCUT2D eigenvalue weighted by molar-refractivity contribution is 6.30. The second kappa shape index (κ2) is 12.6. The maximum absolute atomic E-state index is 13.9. The van der Waals surface area contributed by atoms with E-state index in [1.165, 1.54) is 0 Å². The molecule has 0 aromatic heterocycles. The summed E-state index contributed by atoms with van der Waals surface area (Å²) in [4.78, 5) is 29.1. The van der Waals surface area contributed by atoms with Crippen LogP contribution in [0.5, 0.6) is 0 Å². The van der Waals surface area contributed by atoms with Crippen LogP contribution in [-0.2, 0) is 29.0 Å². The molecule has 35 heavy (non-hydrogen) atoms. The third kappa shape index (κ3) is 7.97. The molecule has 0 heterocycles. The smallest absolute Gasteiger partial charge is 0.243 e. The number of aryl methyl sites for hydroxylation is 2. The van der Waals surface area contributed by atoms with Gasteiger partial charge in [0.1, 0.15) is 6.04 Å². The van der Waals surface area contributed by atoms with Gasteiger partial charge in [-0.1, -0.05) is 91.7 Å². The quantitative estimate of drug-likeness (QED) is 0.384. The SMILES string of the molecule is Cc1ccc(C)c(CC(=O)N(Cc2cccc(Cl)c2)[C@H](Cc2ccccc2)C(=O)NCC(C)C)c1. The minimum Gasteiger partial charge on any atom is -0.354 e. The second-order valence-electron chi connectivity index (χ2n) is 9.60. The molecular formula is C30H35ClN2O2. The summed E-state index contributed by atoms with van der Waals surface area (Å²) in [5.41, 5.74) is 5.05. The van der Waals surface area contributed by atoms with E-state index in [4.69, 9.17) is 11.6 Å². The Kier molecular flexibility index (Phi) is 9.50. The lowest BCUT2D eigenvalue weighted by atomic mass is 9.99. The van der Waals surface area contributed by atoms with Crippen LogP contribution in [0.3, 0.4) is 0 Å². The number of carbonyl (C=O) groups is 2. The van der Waals surface area contributed by atoms with Crippen molar-refractivity contribution >= 4 is 23.4 Å². The summed E-state index contributed by atoms with van der Waals surface area (Å²) in [6.45, 7) is 9.01. The molecule has 0 spiro atoms. The number of carbonyl (C=O) groups excluding carboxylic acids is 2. The highest BCUT2D eigenvalue weighted by Crippen LogP contribution is 2.20. The topological polar surface area (TPSA) is 49.4 Å². The van der Waals surface area contributed by atoms with Gasteiger partial charge < -0.3 is 10.2 Å². The van der Waals surface area contributed by atoms with Crippen molar-refractivity contribution in [3.05, 3.63) is 106 Å². The Morgan fingerprint density at radius 3 is 2.31 bits per heavy atom. The fourth-order valence-electron chi connectivity index (χ4n) is 4.06. The molecule has 0 aliphatic heterocycles. The summed E-state index contributed by atoms with van der Waals surface area (Å²) < 4.78 is 0. The zero-order chi connectivity index (χ0) is 25.4. The zero-order valence-electron chi connectivity index (χ0n) is 21.1. The first-order valence-corrected chi connectivity index (χ1v) is 12.5. The van der Waals surface area contributed by atoms with E-state index >= 15 is 0 Å². The van der Waals surface area contributed by atoms with E-state index in [0.29, 0.717) is 30.5 Å². The largest absolute Gasteiger partial charge is 0.354 e. The fourth-order valence-corrected chi connectivity index (χ4v) is 4.28. The van der Waals surface area contributed by atoms with Crippen LogP contribution in [0, 0.1) is 19.8 Å². The summed E-state index contributed by atoms with van der Waals surface area (Å²) in [7, 11) is 0. The maximum atomic E-state index is 13.9. The third-order valence-corrected chi connectivity index (χ3v) is 6.28. The standard InChI is InChI=1S/C30H35ClN2O2/c1-21(2)19-32-30(35)28(17-24-9-6-5-7-10-24)33(20-25-11-8-12-27(31)16-25)29(34)18-26-15-22(3)13-14-23(26)4/h5-16,21,28H,17-20H2,1-4H3,(H,32,35)/t28-/m1/s1. The molecule has 0 saturated carbocycles. The number of nitrogens with zero attached hydrogens (tertiary/aromatic N) is 1. The minimum absolute atomic E-state index is 0.0840. The van der Waals surface area contributed by atoms with Crippen LogP contribution < -0.4 is 5.32 Å². The van der Waals surface area contributed by atoms with Crippen molar-refractivity contribution in [1.82, 2.24) is 10.2 Å². The van der Waals surface area contributed by atoms with E-state index < -0.39 is 6.04 Å². The molecule has 0 aliphatic rings.